The van der Waals surface area contributed by atoms with Crippen molar-refractivity contribution < 1.29 is 13.2 Å². The maximum Gasteiger partial charge on any atom is 0.240 e. The third kappa shape index (κ3) is 3.73. The molecule has 0 radical (unpaired) electrons. The van der Waals surface area contributed by atoms with Crippen LogP contribution in [0.15, 0.2) is 23.1 Å². The second-order valence-electron chi connectivity index (χ2n) is 7.33. The predicted molar refractivity (Wildman–Crippen MR) is 98.2 cm³/mol. The van der Waals surface area contributed by atoms with Gasteiger partial charge in [-0.3, -0.25) is 9.69 Å². The standard InChI is InChI=1S/C18H27N3O3S/c1-13(2)17(21-8-4-5-9-21)12-19-25(23,24)15-6-7-16-14(10-15)11-18(22)20(16)3/h6-7,10,13,17,19H,4-5,8-9,11-12H2,1-3H3. The number of anilines is 1. The molecule has 0 saturated carbocycles. The summed E-state index contributed by atoms with van der Waals surface area (Å²) in [5.74, 6) is 0.374. The van der Waals surface area contributed by atoms with E-state index in [-0.39, 0.29) is 23.3 Å². The molecule has 25 heavy (non-hydrogen) atoms. The van der Waals surface area contributed by atoms with E-state index in [9.17, 15) is 13.2 Å². The molecular weight excluding hydrogens is 338 g/mol. The number of carbonyl (C=O) groups excluding carboxylic acids is 1. The molecule has 7 heteroatoms. The van der Waals surface area contributed by atoms with Crippen LogP contribution in [0.1, 0.15) is 32.3 Å². The molecule has 3 rings (SSSR count). The number of likely N-dealkylation sites (N-methyl/N-ethyl adjacent to an activating group) is 1. The minimum absolute atomic E-state index is 0.00795. The third-order valence-corrected chi connectivity index (χ3v) is 6.72. The van der Waals surface area contributed by atoms with Gasteiger partial charge in [0.15, 0.2) is 0 Å². The Balaban J connectivity index is 1.74. The highest BCUT2D eigenvalue weighted by atomic mass is 32.2. The van der Waals surface area contributed by atoms with Crippen LogP contribution in [-0.2, 0) is 21.2 Å². The number of fused-ring (bicyclic) bond motifs is 1. The fraction of sp³-hybridized carbons (Fsp3) is 0.611. The molecule has 0 spiro atoms. The molecule has 6 nitrogen and oxygen atoms in total. The maximum atomic E-state index is 12.7. The smallest absolute Gasteiger partial charge is 0.240 e. The van der Waals surface area contributed by atoms with E-state index < -0.39 is 10.0 Å². The first-order chi connectivity index (χ1) is 11.8. The predicted octanol–water partition coefficient (Wildman–Crippen LogP) is 1.60. The molecule has 1 fully saturated rings. The van der Waals surface area contributed by atoms with Gasteiger partial charge in [0.25, 0.3) is 0 Å². The molecule has 0 bridgehead atoms. The lowest BCUT2D eigenvalue weighted by atomic mass is 10.0. The van der Waals surface area contributed by atoms with E-state index in [1.807, 2.05) is 0 Å². The Morgan fingerprint density at radius 3 is 2.52 bits per heavy atom. The van der Waals surface area contributed by atoms with Crippen molar-refractivity contribution in [2.75, 3.05) is 31.6 Å². The van der Waals surface area contributed by atoms with Gasteiger partial charge in [-0.05, 0) is 55.6 Å². The molecule has 0 aromatic heterocycles. The number of carbonyl (C=O) groups is 1. The number of likely N-dealkylation sites (tertiary alicyclic amines) is 1. The normalized spacial score (nSPS) is 19.7. The Labute approximate surface area is 150 Å². The summed E-state index contributed by atoms with van der Waals surface area (Å²) in [5.41, 5.74) is 1.57. The molecule has 1 amide bonds. The van der Waals surface area contributed by atoms with Crippen molar-refractivity contribution in [3.05, 3.63) is 23.8 Å². The van der Waals surface area contributed by atoms with E-state index in [1.54, 1.807) is 30.1 Å². The van der Waals surface area contributed by atoms with Gasteiger partial charge in [-0.2, -0.15) is 0 Å². The zero-order valence-electron chi connectivity index (χ0n) is 15.2. The van der Waals surface area contributed by atoms with Gasteiger partial charge in [-0.15, -0.1) is 0 Å². The van der Waals surface area contributed by atoms with E-state index in [1.165, 1.54) is 12.8 Å². The zero-order valence-corrected chi connectivity index (χ0v) is 16.0. The fourth-order valence-electron chi connectivity index (χ4n) is 3.75. The van der Waals surface area contributed by atoms with Crippen LogP contribution in [0.3, 0.4) is 0 Å². The largest absolute Gasteiger partial charge is 0.315 e. The lowest BCUT2D eigenvalue weighted by Gasteiger charge is -2.30. The van der Waals surface area contributed by atoms with Crippen molar-refractivity contribution in [1.29, 1.82) is 0 Å². The van der Waals surface area contributed by atoms with Crippen molar-refractivity contribution in [3.8, 4) is 0 Å². The molecule has 1 aromatic carbocycles. The number of sulfonamides is 1. The highest BCUT2D eigenvalue weighted by Crippen LogP contribution is 2.29. The van der Waals surface area contributed by atoms with Gasteiger partial charge < -0.3 is 4.90 Å². The Bertz CT molecular complexity index is 755. The van der Waals surface area contributed by atoms with Crippen LogP contribution in [0.4, 0.5) is 5.69 Å². The highest BCUT2D eigenvalue weighted by molar-refractivity contribution is 7.89. The number of hydrogen-bond donors (Lipinski definition) is 1. The Kier molecular flexibility index (Phi) is 5.18. The molecule has 1 atom stereocenters. The van der Waals surface area contributed by atoms with Gasteiger partial charge in [0.1, 0.15) is 0 Å². The number of nitrogens with one attached hydrogen (secondary N) is 1. The van der Waals surface area contributed by atoms with E-state index in [0.29, 0.717) is 12.5 Å². The zero-order chi connectivity index (χ0) is 18.2. The Morgan fingerprint density at radius 1 is 1.20 bits per heavy atom. The number of benzene rings is 1. The Morgan fingerprint density at radius 2 is 1.88 bits per heavy atom. The van der Waals surface area contributed by atoms with Crippen molar-refractivity contribution in [3.63, 3.8) is 0 Å². The van der Waals surface area contributed by atoms with Crippen molar-refractivity contribution in [2.45, 2.75) is 44.0 Å². The summed E-state index contributed by atoms with van der Waals surface area (Å²) in [6.07, 6.45) is 2.63. The van der Waals surface area contributed by atoms with E-state index in [0.717, 1.165) is 24.3 Å². The second-order valence-corrected chi connectivity index (χ2v) is 9.09. The molecule has 0 aliphatic carbocycles. The molecule has 1 aromatic rings. The van der Waals surface area contributed by atoms with Crippen molar-refractivity contribution in [2.24, 2.45) is 5.92 Å². The van der Waals surface area contributed by atoms with Crippen LogP contribution < -0.4 is 9.62 Å². The van der Waals surface area contributed by atoms with Crippen molar-refractivity contribution >= 4 is 21.6 Å². The van der Waals surface area contributed by atoms with Crippen molar-refractivity contribution in [1.82, 2.24) is 9.62 Å². The second kappa shape index (κ2) is 7.05. The minimum atomic E-state index is -3.58. The molecule has 1 saturated heterocycles. The summed E-state index contributed by atoms with van der Waals surface area (Å²) in [4.78, 5) is 16.0. The number of nitrogens with zero attached hydrogens (tertiary/aromatic N) is 2. The van der Waals surface area contributed by atoms with Gasteiger partial charge >= 0.3 is 0 Å². The quantitative estimate of drug-likeness (QED) is 0.831. The SMILES string of the molecule is CC(C)C(CNS(=O)(=O)c1ccc2c(c1)CC(=O)N2C)N1CCCC1. The third-order valence-electron chi connectivity index (χ3n) is 5.30. The first-order valence-electron chi connectivity index (χ1n) is 8.93. The summed E-state index contributed by atoms with van der Waals surface area (Å²) in [7, 11) is -1.87. The lowest BCUT2D eigenvalue weighted by Crippen LogP contribution is -2.45. The van der Waals surface area contributed by atoms with Crippen LogP contribution >= 0.6 is 0 Å². The Hall–Kier alpha value is -1.44. The van der Waals surface area contributed by atoms with Gasteiger partial charge in [0.2, 0.25) is 15.9 Å². The first kappa shape index (κ1) is 18.4. The number of hydrogen-bond acceptors (Lipinski definition) is 4. The molecule has 2 heterocycles. The summed E-state index contributed by atoms with van der Waals surface area (Å²) in [5, 5.41) is 0. The van der Waals surface area contributed by atoms with Gasteiger partial charge in [0, 0.05) is 25.3 Å². The monoisotopic (exact) mass is 365 g/mol. The average molecular weight is 365 g/mol. The van der Waals surface area contributed by atoms with E-state index in [2.05, 4.69) is 23.5 Å². The van der Waals surface area contributed by atoms with Gasteiger partial charge in [-0.1, -0.05) is 13.8 Å². The number of rotatable bonds is 6. The fourth-order valence-corrected chi connectivity index (χ4v) is 4.85. The molecule has 1 N–H and O–H groups in total. The van der Waals surface area contributed by atoms with Crippen LogP contribution in [-0.4, -0.2) is 51.9 Å². The lowest BCUT2D eigenvalue weighted by molar-refractivity contribution is -0.117. The molecule has 138 valence electrons. The summed E-state index contributed by atoms with van der Waals surface area (Å²) in [6.45, 7) is 6.76. The minimum Gasteiger partial charge on any atom is -0.315 e. The summed E-state index contributed by atoms with van der Waals surface area (Å²) in [6, 6.07) is 5.13. The maximum absolute atomic E-state index is 12.7. The van der Waals surface area contributed by atoms with Crippen LogP contribution in [0.5, 0.6) is 0 Å². The van der Waals surface area contributed by atoms with Gasteiger partial charge in [0.05, 0.1) is 11.3 Å². The van der Waals surface area contributed by atoms with Crippen LogP contribution in [0.2, 0.25) is 0 Å². The van der Waals surface area contributed by atoms with Gasteiger partial charge in [-0.25, -0.2) is 13.1 Å². The molecule has 1 unspecified atom stereocenters. The molecule has 2 aliphatic heterocycles. The number of amides is 1. The van der Waals surface area contributed by atoms with E-state index in [4.69, 9.17) is 0 Å². The van der Waals surface area contributed by atoms with E-state index >= 15 is 0 Å². The molecule has 2 aliphatic rings. The molecular formula is C18H27N3O3S. The first-order valence-corrected chi connectivity index (χ1v) is 10.4. The topological polar surface area (TPSA) is 69.7 Å². The van der Waals surface area contributed by atoms with Crippen LogP contribution in [0.25, 0.3) is 0 Å². The summed E-state index contributed by atoms with van der Waals surface area (Å²) < 4.78 is 28.2. The van der Waals surface area contributed by atoms with Crippen LogP contribution in [0, 0.1) is 5.92 Å². The highest BCUT2D eigenvalue weighted by Gasteiger charge is 2.28. The average Bonchev–Trinajstić information content (AvgIpc) is 3.16. The summed E-state index contributed by atoms with van der Waals surface area (Å²) >= 11 is 0.